The van der Waals surface area contributed by atoms with Crippen molar-refractivity contribution in [2.24, 2.45) is 0 Å². The van der Waals surface area contributed by atoms with E-state index in [1.807, 2.05) is 54.6 Å². The molecule has 0 aliphatic carbocycles. The van der Waals surface area contributed by atoms with Crippen molar-refractivity contribution < 1.29 is 9.47 Å². The Kier molecular flexibility index (Phi) is 6.46. The highest BCUT2D eigenvalue weighted by Crippen LogP contribution is 2.34. The summed E-state index contributed by atoms with van der Waals surface area (Å²) in [5.74, 6) is 7.04. The predicted molar refractivity (Wildman–Crippen MR) is 111 cm³/mol. The Morgan fingerprint density at radius 1 is 0.889 bits per heavy atom. The monoisotopic (exact) mass is 354 g/mol. The molecule has 0 spiro atoms. The van der Waals surface area contributed by atoms with Crippen LogP contribution in [0, 0.1) is 18.8 Å². The molecule has 0 aliphatic rings. The zero-order valence-corrected chi connectivity index (χ0v) is 15.6. The number of hydrogen-bond acceptors (Lipinski definition) is 2. The topological polar surface area (TPSA) is 18.5 Å². The molecule has 2 heteroatoms. The fraction of sp³-hybridized carbons (Fsp3) is 0.120. The first-order valence-corrected chi connectivity index (χ1v) is 8.83. The van der Waals surface area contributed by atoms with Crippen LogP contribution in [0.3, 0.4) is 0 Å². The van der Waals surface area contributed by atoms with E-state index in [0.29, 0.717) is 0 Å². The van der Waals surface area contributed by atoms with Crippen LogP contribution in [0.1, 0.15) is 16.7 Å². The molecule has 0 fully saturated rings. The molecular weight excluding hydrogens is 332 g/mol. The van der Waals surface area contributed by atoms with E-state index in [9.17, 15) is 0 Å². The maximum atomic E-state index is 5.80. The molecule has 0 atom stereocenters. The van der Waals surface area contributed by atoms with E-state index in [-0.39, 0.29) is 6.79 Å². The van der Waals surface area contributed by atoms with Crippen LogP contribution in [0.2, 0.25) is 0 Å². The summed E-state index contributed by atoms with van der Waals surface area (Å²) in [6.45, 7) is 2.29. The van der Waals surface area contributed by atoms with Crippen molar-refractivity contribution in [2.45, 2.75) is 6.92 Å². The summed E-state index contributed by atoms with van der Waals surface area (Å²) in [5, 5.41) is 0. The third-order valence-electron chi connectivity index (χ3n) is 4.07. The molecule has 0 aliphatic heterocycles. The minimum Gasteiger partial charge on any atom is -0.467 e. The van der Waals surface area contributed by atoms with Crippen LogP contribution in [0.15, 0.2) is 78.9 Å². The lowest BCUT2D eigenvalue weighted by molar-refractivity contribution is 0.0515. The first-order chi connectivity index (χ1) is 13.3. The Morgan fingerprint density at radius 2 is 1.67 bits per heavy atom. The van der Waals surface area contributed by atoms with Crippen molar-refractivity contribution in [3.8, 4) is 28.7 Å². The van der Waals surface area contributed by atoms with Gasteiger partial charge in [0.2, 0.25) is 0 Å². The van der Waals surface area contributed by atoms with E-state index in [1.165, 1.54) is 5.56 Å². The van der Waals surface area contributed by atoms with Gasteiger partial charge in [-0.2, -0.15) is 0 Å². The van der Waals surface area contributed by atoms with Crippen LogP contribution in [-0.4, -0.2) is 13.9 Å². The zero-order chi connectivity index (χ0) is 18.9. The lowest BCUT2D eigenvalue weighted by Crippen LogP contribution is -2.01. The molecule has 0 bridgehead atoms. The number of methoxy groups -OCH3 is 1. The summed E-state index contributed by atoms with van der Waals surface area (Å²) in [5.41, 5.74) is 5.41. The zero-order valence-electron chi connectivity index (χ0n) is 15.6. The van der Waals surface area contributed by atoms with Gasteiger partial charge in [0.05, 0.1) is 0 Å². The van der Waals surface area contributed by atoms with Crippen LogP contribution in [0.25, 0.3) is 17.2 Å². The number of aryl methyl sites for hydroxylation is 1. The van der Waals surface area contributed by atoms with Crippen LogP contribution in [-0.2, 0) is 4.74 Å². The number of rotatable bonds is 5. The maximum Gasteiger partial charge on any atom is 0.188 e. The number of allylic oxidation sites excluding steroid dienone is 1. The molecule has 0 unspecified atom stereocenters. The summed E-state index contributed by atoms with van der Waals surface area (Å²) in [6.07, 6.45) is 3.89. The summed E-state index contributed by atoms with van der Waals surface area (Å²) in [7, 11) is 1.62. The van der Waals surface area contributed by atoms with Gasteiger partial charge >= 0.3 is 0 Å². The first kappa shape index (κ1) is 18.5. The Morgan fingerprint density at radius 3 is 2.41 bits per heavy atom. The van der Waals surface area contributed by atoms with Crippen molar-refractivity contribution in [1.82, 2.24) is 0 Å². The lowest BCUT2D eigenvalue weighted by Gasteiger charge is -2.14. The van der Waals surface area contributed by atoms with Gasteiger partial charge < -0.3 is 9.47 Å². The Hall–Kier alpha value is -3.28. The molecule has 2 nitrogen and oxygen atoms in total. The SMILES string of the molecule is COCOc1cccc(C=CC#Cc2ccccc2)c1-c1ccc(C)cc1. The minimum atomic E-state index is 0.208. The fourth-order valence-electron chi connectivity index (χ4n) is 2.74. The Labute approximate surface area is 161 Å². The molecule has 0 N–H and O–H groups in total. The van der Waals surface area contributed by atoms with Crippen molar-refractivity contribution >= 4 is 6.08 Å². The summed E-state index contributed by atoms with van der Waals surface area (Å²) in [4.78, 5) is 0. The van der Waals surface area contributed by atoms with E-state index >= 15 is 0 Å². The first-order valence-electron chi connectivity index (χ1n) is 8.83. The number of ether oxygens (including phenoxy) is 2. The van der Waals surface area contributed by atoms with Gasteiger partial charge in [0.25, 0.3) is 0 Å². The highest BCUT2D eigenvalue weighted by molar-refractivity contribution is 5.81. The van der Waals surface area contributed by atoms with Crippen molar-refractivity contribution in [1.29, 1.82) is 0 Å². The smallest absolute Gasteiger partial charge is 0.188 e. The van der Waals surface area contributed by atoms with Gasteiger partial charge in [0.1, 0.15) is 5.75 Å². The van der Waals surface area contributed by atoms with E-state index in [4.69, 9.17) is 9.47 Å². The Bertz CT molecular complexity index is 959. The quantitative estimate of drug-likeness (QED) is 0.432. The third kappa shape index (κ3) is 5.10. The molecule has 0 aromatic heterocycles. The van der Waals surface area contributed by atoms with E-state index in [1.54, 1.807) is 7.11 Å². The molecule has 3 aromatic carbocycles. The van der Waals surface area contributed by atoms with Gasteiger partial charge in [-0.05, 0) is 48.4 Å². The molecule has 3 aromatic rings. The molecule has 27 heavy (non-hydrogen) atoms. The molecule has 0 saturated carbocycles. The average Bonchev–Trinajstić information content (AvgIpc) is 2.71. The lowest BCUT2D eigenvalue weighted by atomic mass is 9.97. The van der Waals surface area contributed by atoms with Gasteiger partial charge in [-0.3, -0.25) is 0 Å². The molecule has 0 saturated heterocycles. The highest BCUT2D eigenvalue weighted by Gasteiger charge is 2.10. The highest BCUT2D eigenvalue weighted by atomic mass is 16.7. The van der Waals surface area contributed by atoms with Crippen LogP contribution in [0.5, 0.6) is 5.75 Å². The van der Waals surface area contributed by atoms with Gasteiger partial charge in [0.15, 0.2) is 6.79 Å². The van der Waals surface area contributed by atoms with Gasteiger partial charge in [-0.1, -0.05) is 72.0 Å². The summed E-state index contributed by atoms with van der Waals surface area (Å²) >= 11 is 0. The molecular formula is C25H22O2. The minimum absolute atomic E-state index is 0.208. The van der Waals surface area contributed by atoms with Crippen LogP contribution >= 0.6 is 0 Å². The fourth-order valence-corrected chi connectivity index (χ4v) is 2.74. The van der Waals surface area contributed by atoms with E-state index in [0.717, 1.165) is 28.0 Å². The second kappa shape index (κ2) is 9.43. The molecule has 134 valence electrons. The van der Waals surface area contributed by atoms with Crippen molar-refractivity contribution in [3.05, 3.63) is 95.6 Å². The van der Waals surface area contributed by atoms with Crippen LogP contribution < -0.4 is 4.74 Å². The standard InChI is InChI=1S/C25H22O2/c1-20-15-17-23(18-16-20)25-22(13-8-14-24(25)27-19-26-2)12-7-6-11-21-9-4-3-5-10-21/h3-5,7-10,12-18H,19H2,1-2H3. The van der Waals surface area contributed by atoms with E-state index < -0.39 is 0 Å². The molecule has 0 amide bonds. The predicted octanol–water partition coefficient (Wildman–Crippen LogP) is 5.71. The third-order valence-corrected chi connectivity index (χ3v) is 4.07. The van der Waals surface area contributed by atoms with Gasteiger partial charge in [0, 0.05) is 18.2 Å². The molecule has 0 radical (unpaired) electrons. The largest absolute Gasteiger partial charge is 0.467 e. The van der Waals surface area contributed by atoms with Crippen molar-refractivity contribution in [2.75, 3.05) is 13.9 Å². The normalized spacial score (nSPS) is 10.4. The molecule has 3 rings (SSSR count). The van der Waals surface area contributed by atoms with Gasteiger partial charge in [-0.25, -0.2) is 0 Å². The number of benzene rings is 3. The maximum absolute atomic E-state index is 5.80. The van der Waals surface area contributed by atoms with Gasteiger partial charge in [-0.15, -0.1) is 0 Å². The summed E-state index contributed by atoms with van der Waals surface area (Å²) in [6, 6.07) is 24.4. The number of hydrogen-bond donors (Lipinski definition) is 0. The average molecular weight is 354 g/mol. The second-order valence-corrected chi connectivity index (χ2v) is 6.11. The Balaban J connectivity index is 1.95. The summed E-state index contributed by atoms with van der Waals surface area (Å²) < 4.78 is 10.9. The van der Waals surface area contributed by atoms with Crippen molar-refractivity contribution in [3.63, 3.8) is 0 Å². The van der Waals surface area contributed by atoms with E-state index in [2.05, 4.69) is 49.1 Å². The molecule has 0 heterocycles. The second-order valence-electron chi connectivity index (χ2n) is 6.11. The van der Waals surface area contributed by atoms with Crippen LogP contribution in [0.4, 0.5) is 0 Å².